The van der Waals surface area contributed by atoms with Crippen molar-refractivity contribution in [1.82, 2.24) is 10.2 Å². The summed E-state index contributed by atoms with van der Waals surface area (Å²) in [4.78, 5) is 12.7. The van der Waals surface area contributed by atoms with Crippen LogP contribution in [0.3, 0.4) is 0 Å². The summed E-state index contributed by atoms with van der Waals surface area (Å²) in [6.07, 6.45) is 0.944. The second-order valence-electron chi connectivity index (χ2n) is 5.07. The van der Waals surface area contributed by atoms with E-state index in [2.05, 4.69) is 36.3 Å². The summed E-state index contributed by atoms with van der Waals surface area (Å²) in [5, 5.41) is 11.6. The monoisotopic (exact) mass is 335 g/mol. The predicted molar refractivity (Wildman–Crippen MR) is 93.6 cm³/mol. The van der Waals surface area contributed by atoms with Gasteiger partial charge in [-0.25, -0.2) is 0 Å². The first-order chi connectivity index (χ1) is 10.7. The van der Waals surface area contributed by atoms with Crippen LogP contribution in [0.5, 0.6) is 0 Å². The maximum atomic E-state index is 12.7. The molecule has 0 aliphatic rings. The zero-order chi connectivity index (χ0) is 15.9. The van der Waals surface area contributed by atoms with Crippen LogP contribution in [0.1, 0.15) is 38.7 Å². The van der Waals surface area contributed by atoms with E-state index in [-0.39, 0.29) is 17.7 Å². The maximum Gasteiger partial charge on any atom is 0.234 e. The summed E-state index contributed by atoms with van der Waals surface area (Å²) >= 11 is 3.06. The molecule has 0 radical (unpaired) electrons. The van der Waals surface area contributed by atoms with Gasteiger partial charge in [-0.05, 0) is 17.2 Å². The summed E-state index contributed by atoms with van der Waals surface area (Å²) in [6, 6.07) is 9.93. The Morgan fingerprint density at radius 2 is 2.00 bits per heavy atom. The molecule has 0 spiro atoms. The number of thioether (sulfide) groups is 1. The zero-order valence-corrected chi connectivity index (χ0v) is 14.7. The summed E-state index contributed by atoms with van der Waals surface area (Å²) in [5.41, 5.74) is 1.04. The van der Waals surface area contributed by atoms with Gasteiger partial charge in [0.25, 0.3) is 0 Å². The molecule has 1 aromatic carbocycles. The molecule has 22 heavy (non-hydrogen) atoms. The first-order valence-electron chi connectivity index (χ1n) is 7.47. The Kier molecular flexibility index (Phi) is 6.39. The predicted octanol–water partition coefficient (Wildman–Crippen LogP) is 4.42. The van der Waals surface area contributed by atoms with Gasteiger partial charge in [-0.15, -0.1) is 10.2 Å². The van der Waals surface area contributed by atoms with E-state index in [0.717, 1.165) is 22.1 Å². The largest absolute Gasteiger partial charge is 0.300 e. The number of carbonyl (C=O) groups is 1. The first kappa shape index (κ1) is 17.0. The first-order valence-corrected chi connectivity index (χ1v) is 9.28. The molecule has 0 unspecified atom stereocenters. The number of rotatable bonds is 7. The molecule has 2 atom stereocenters. The molecule has 1 N–H and O–H groups in total. The molecule has 0 saturated heterocycles. The van der Waals surface area contributed by atoms with E-state index in [0.29, 0.717) is 5.13 Å². The molecule has 6 heteroatoms. The van der Waals surface area contributed by atoms with Crippen LogP contribution < -0.4 is 5.32 Å². The number of anilines is 1. The van der Waals surface area contributed by atoms with Crippen LogP contribution >= 0.6 is 23.1 Å². The fourth-order valence-electron chi connectivity index (χ4n) is 2.26. The van der Waals surface area contributed by atoms with E-state index in [1.54, 1.807) is 11.8 Å². The van der Waals surface area contributed by atoms with E-state index in [4.69, 9.17) is 0 Å². The van der Waals surface area contributed by atoms with Crippen LogP contribution in [0.2, 0.25) is 0 Å². The van der Waals surface area contributed by atoms with Crippen LogP contribution in [-0.4, -0.2) is 21.9 Å². The summed E-state index contributed by atoms with van der Waals surface area (Å²) < 4.78 is 0.887. The Balaban J connectivity index is 2.15. The topological polar surface area (TPSA) is 54.9 Å². The molecular formula is C16H21N3OS2. The van der Waals surface area contributed by atoms with Crippen molar-refractivity contribution in [3.63, 3.8) is 0 Å². The Morgan fingerprint density at radius 3 is 2.64 bits per heavy atom. The van der Waals surface area contributed by atoms with Gasteiger partial charge < -0.3 is 0 Å². The Hall–Kier alpha value is -1.40. The number of amides is 1. The fraction of sp³-hybridized carbons (Fsp3) is 0.438. The van der Waals surface area contributed by atoms with Crippen molar-refractivity contribution in [1.29, 1.82) is 0 Å². The molecule has 0 fully saturated rings. The molecule has 2 aromatic rings. The lowest BCUT2D eigenvalue weighted by atomic mass is 9.85. The lowest BCUT2D eigenvalue weighted by Gasteiger charge is -2.22. The molecule has 2 rings (SSSR count). The molecule has 1 aromatic heterocycles. The van der Waals surface area contributed by atoms with Crippen LogP contribution in [0.4, 0.5) is 5.13 Å². The van der Waals surface area contributed by atoms with E-state index < -0.39 is 0 Å². The Morgan fingerprint density at radius 1 is 1.27 bits per heavy atom. The van der Waals surface area contributed by atoms with Crippen molar-refractivity contribution in [2.45, 2.75) is 37.4 Å². The average molecular weight is 335 g/mol. The number of hydrogen-bond acceptors (Lipinski definition) is 5. The average Bonchev–Trinajstić information content (AvgIpc) is 2.96. The van der Waals surface area contributed by atoms with Gasteiger partial charge >= 0.3 is 0 Å². The van der Waals surface area contributed by atoms with Gasteiger partial charge in [0.2, 0.25) is 11.0 Å². The van der Waals surface area contributed by atoms with Gasteiger partial charge in [0.1, 0.15) is 0 Å². The highest BCUT2D eigenvalue weighted by molar-refractivity contribution is 8.01. The number of nitrogens with zero attached hydrogens (tertiary/aromatic N) is 2. The van der Waals surface area contributed by atoms with E-state index >= 15 is 0 Å². The molecular weight excluding hydrogens is 314 g/mol. The summed E-state index contributed by atoms with van der Waals surface area (Å²) in [6.45, 7) is 6.28. The number of nitrogens with one attached hydrogen (secondary N) is 1. The Labute approximate surface area is 139 Å². The normalized spacial score (nSPS) is 13.6. The van der Waals surface area contributed by atoms with Gasteiger partial charge in [0, 0.05) is 0 Å². The molecule has 0 aliphatic carbocycles. The van der Waals surface area contributed by atoms with Gasteiger partial charge in [0.05, 0.1) is 5.92 Å². The van der Waals surface area contributed by atoms with E-state index in [9.17, 15) is 4.79 Å². The van der Waals surface area contributed by atoms with Crippen LogP contribution in [-0.2, 0) is 4.79 Å². The van der Waals surface area contributed by atoms with Crippen molar-refractivity contribution < 1.29 is 4.79 Å². The van der Waals surface area contributed by atoms with E-state index in [1.807, 2.05) is 30.3 Å². The van der Waals surface area contributed by atoms with Crippen LogP contribution in [0.25, 0.3) is 0 Å². The molecule has 4 nitrogen and oxygen atoms in total. The third kappa shape index (κ3) is 4.30. The maximum absolute atomic E-state index is 12.7. The SMILES string of the molecule is CCSc1nnc(NC(=O)[C@H](c2ccccc2)[C@H](C)CC)s1. The minimum atomic E-state index is -0.169. The highest BCUT2D eigenvalue weighted by Crippen LogP contribution is 2.30. The van der Waals surface area contributed by atoms with Crippen molar-refractivity contribution in [2.24, 2.45) is 5.92 Å². The van der Waals surface area contributed by atoms with Gasteiger partial charge in [0.15, 0.2) is 4.34 Å². The fourth-order valence-corrected chi connectivity index (χ4v) is 3.91. The van der Waals surface area contributed by atoms with Crippen molar-refractivity contribution >= 4 is 34.1 Å². The quantitative estimate of drug-likeness (QED) is 0.601. The van der Waals surface area contributed by atoms with Crippen LogP contribution in [0, 0.1) is 5.92 Å². The third-order valence-corrected chi connectivity index (χ3v) is 5.41. The standard InChI is InChI=1S/C16H21N3OS2/c1-4-11(3)13(12-9-7-6-8-10-12)14(20)17-15-18-19-16(22-15)21-5-2/h6-11,13H,4-5H2,1-3H3,(H,17,18,20)/t11-,13+/m1/s1. The minimum Gasteiger partial charge on any atom is -0.300 e. The van der Waals surface area contributed by atoms with E-state index in [1.165, 1.54) is 11.3 Å². The number of benzene rings is 1. The number of hydrogen-bond donors (Lipinski definition) is 1. The molecule has 0 bridgehead atoms. The van der Waals surface area contributed by atoms with Gasteiger partial charge in [-0.1, -0.05) is 80.6 Å². The van der Waals surface area contributed by atoms with Crippen molar-refractivity contribution in [2.75, 3.05) is 11.1 Å². The van der Waals surface area contributed by atoms with Crippen molar-refractivity contribution in [3.05, 3.63) is 35.9 Å². The third-order valence-electron chi connectivity index (χ3n) is 3.56. The lowest BCUT2D eigenvalue weighted by molar-refractivity contribution is -0.118. The second-order valence-corrected chi connectivity index (χ2v) is 7.56. The molecule has 1 amide bonds. The summed E-state index contributed by atoms with van der Waals surface area (Å²) in [7, 11) is 0. The summed E-state index contributed by atoms with van der Waals surface area (Å²) in [5.74, 6) is 1.03. The lowest BCUT2D eigenvalue weighted by Crippen LogP contribution is -2.26. The highest BCUT2D eigenvalue weighted by atomic mass is 32.2. The van der Waals surface area contributed by atoms with Gasteiger partial charge in [-0.2, -0.15) is 0 Å². The highest BCUT2D eigenvalue weighted by Gasteiger charge is 2.26. The molecule has 118 valence electrons. The number of carbonyl (C=O) groups excluding carboxylic acids is 1. The van der Waals surface area contributed by atoms with Crippen LogP contribution in [0.15, 0.2) is 34.7 Å². The smallest absolute Gasteiger partial charge is 0.234 e. The molecule has 0 saturated carbocycles. The molecule has 1 heterocycles. The zero-order valence-electron chi connectivity index (χ0n) is 13.1. The van der Waals surface area contributed by atoms with Gasteiger partial charge in [-0.3, -0.25) is 10.1 Å². The Bertz CT molecular complexity index is 600. The minimum absolute atomic E-state index is 0.00949. The molecule has 0 aliphatic heterocycles. The number of aromatic nitrogens is 2. The van der Waals surface area contributed by atoms with Crippen molar-refractivity contribution in [3.8, 4) is 0 Å². The second kappa shape index (κ2) is 8.29.